The van der Waals surface area contributed by atoms with E-state index >= 15 is 0 Å². The van der Waals surface area contributed by atoms with Crippen LogP contribution in [0.1, 0.15) is 44.2 Å². The third kappa shape index (κ3) is 15.7. The highest BCUT2D eigenvalue weighted by Crippen LogP contribution is 2.33. The molecule has 48 heavy (non-hydrogen) atoms. The van der Waals surface area contributed by atoms with E-state index in [1.807, 2.05) is 106 Å². The number of carbonyl (C=O) groups excluding carboxylic acids is 3. The van der Waals surface area contributed by atoms with Crippen molar-refractivity contribution in [1.82, 2.24) is 14.7 Å². The molecule has 0 aliphatic carbocycles. The fourth-order valence-corrected chi connectivity index (χ4v) is 4.55. The fraction of sp³-hybridized carbons (Fsp3) is 0.583. The number of alkyl halides is 1. The number of ether oxygens (including phenoxy) is 5. The van der Waals surface area contributed by atoms with E-state index in [0.29, 0.717) is 37.6 Å². The minimum atomic E-state index is -0.741. The second-order valence-corrected chi connectivity index (χ2v) is 13.3. The second kappa shape index (κ2) is 20.9. The van der Waals surface area contributed by atoms with Gasteiger partial charge >= 0.3 is 17.9 Å². The summed E-state index contributed by atoms with van der Waals surface area (Å²) in [5.74, 6) is 0.349. The molecule has 0 spiro atoms. The molecular formula is C36H54ClN3O8. The van der Waals surface area contributed by atoms with Crippen LogP contribution in [-0.2, 0) is 34.0 Å². The minimum Gasteiger partial charge on any atom is -0.490 e. The lowest BCUT2D eigenvalue weighted by molar-refractivity contribution is -0.161. The predicted molar refractivity (Wildman–Crippen MR) is 187 cm³/mol. The van der Waals surface area contributed by atoms with Crippen LogP contribution < -0.4 is 9.47 Å². The van der Waals surface area contributed by atoms with Crippen LogP contribution in [0.25, 0.3) is 0 Å². The van der Waals surface area contributed by atoms with Crippen LogP contribution >= 0.6 is 11.6 Å². The van der Waals surface area contributed by atoms with Crippen molar-refractivity contribution in [3.8, 4) is 11.5 Å². The lowest BCUT2D eigenvalue weighted by Gasteiger charge is -2.27. The molecule has 0 radical (unpaired) electrons. The lowest BCUT2D eigenvalue weighted by atomic mass is 9.78. The first-order valence-corrected chi connectivity index (χ1v) is 16.7. The Labute approximate surface area is 291 Å². The van der Waals surface area contributed by atoms with E-state index in [1.54, 1.807) is 0 Å². The van der Waals surface area contributed by atoms with Gasteiger partial charge in [-0.3, -0.25) is 14.4 Å². The number of hydrogen-bond acceptors (Lipinski definition) is 11. The summed E-state index contributed by atoms with van der Waals surface area (Å²) in [6.45, 7) is 6.09. The maximum Gasteiger partial charge on any atom is 0.307 e. The molecule has 0 bridgehead atoms. The zero-order chi connectivity index (χ0) is 35.7. The Kier molecular flexibility index (Phi) is 17.7. The van der Waals surface area contributed by atoms with Crippen molar-refractivity contribution in [3.63, 3.8) is 0 Å². The Morgan fingerprint density at radius 3 is 1.38 bits per heavy atom. The molecule has 0 heterocycles. The lowest BCUT2D eigenvalue weighted by Crippen LogP contribution is -2.32. The van der Waals surface area contributed by atoms with Gasteiger partial charge in [0.1, 0.15) is 37.4 Å². The monoisotopic (exact) mass is 691 g/mol. The Morgan fingerprint density at radius 2 is 0.979 bits per heavy atom. The molecule has 0 amide bonds. The van der Waals surface area contributed by atoms with Crippen LogP contribution in [0, 0.1) is 0 Å². The fourth-order valence-electron chi connectivity index (χ4n) is 4.40. The maximum atomic E-state index is 12.4. The van der Waals surface area contributed by atoms with E-state index in [2.05, 4.69) is 13.8 Å². The van der Waals surface area contributed by atoms with Gasteiger partial charge in [-0.15, -0.1) is 11.6 Å². The number of halogens is 1. The quantitative estimate of drug-likeness (QED) is 0.101. The smallest absolute Gasteiger partial charge is 0.307 e. The van der Waals surface area contributed by atoms with Gasteiger partial charge in [0.05, 0.1) is 25.1 Å². The van der Waals surface area contributed by atoms with Crippen molar-refractivity contribution in [1.29, 1.82) is 0 Å². The molecule has 2 atom stereocenters. The SMILES string of the molecule is CN(C)CCC(=O)OCC(COc1ccc(C(C)(C)c2ccc(OCC(CCl)OC(=O)CCN(C)C)cc2)cc1)OC(=O)CCN(C)C. The normalized spacial score (nSPS) is 12.9. The molecule has 2 rings (SSSR count). The number of esters is 3. The highest BCUT2D eigenvalue weighted by molar-refractivity contribution is 6.18. The molecule has 0 saturated heterocycles. The van der Waals surface area contributed by atoms with Gasteiger partial charge in [-0.1, -0.05) is 38.1 Å². The molecule has 12 heteroatoms. The van der Waals surface area contributed by atoms with Crippen LogP contribution in [-0.4, -0.2) is 132 Å². The summed E-state index contributed by atoms with van der Waals surface area (Å²) in [7, 11) is 11.3. The van der Waals surface area contributed by atoms with Crippen LogP contribution in [0.15, 0.2) is 48.5 Å². The zero-order valence-electron chi connectivity index (χ0n) is 29.8. The third-order valence-electron chi connectivity index (χ3n) is 7.51. The summed E-state index contributed by atoms with van der Waals surface area (Å²) in [5, 5.41) is 0. The average molecular weight is 692 g/mol. The van der Waals surface area contributed by atoms with E-state index in [-0.39, 0.29) is 61.9 Å². The van der Waals surface area contributed by atoms with Crippen molar-refractivity contribution < 1.29 is 38.1 Å². The third-order valence-corrected chi connectivity index (χ3v) is 7.86. The Morgan fingerprint density at radius 1 is 0.604 bits per heavy atom. The van der Waals surface area contributed by atoms with Crippen LogP contribution in [0.5, 0.6) is 11.5 Å². The first-order chi connectivity index (χ1) is 22.7. The van der Waals surface area contributed by atoms with Gasteiger partial charge in [0.2, 0.25) is 0 Å². The van der Waals surface area contributed by atoms with E-state index < -0.39 is 12.2 Å². The van der Waals surface area contributed by atoms with E-state index in [9.17, 15) is 14.4 Å². The molecule has 11 nitrogen and oxygen atoms in total. The van der Waals surface area contributed by atoms with Gasteiger partial charge < -0.3 is 38.4 Å². The molecule has 2 unspecified atom stereocenters. The molecule has 268 valence electrons. The average Bonchev–Trinajstić information content (AvgIpc) is 3.05. The van der Waals surface area contributed by atoms with Crippen LogP contribution in [0.3, 0.4) is 0 Å². The van der Waals surface area contributed by atoms with Gasteiger partial charge in [0.25, 0.3) is 0 Å². The zero-order valence-corrected chi connectivity index (χ0v) is 30.6. The van der Waals surface area contributed by atoms with Gasteiger partial charge in [-0.05, 0) is 77.7 Å². The number of benzene rings is 2. The Bertz CT molecular complexity index is 1250. The number of nitrogens with zero attached hydrogens (tertiary/aromatic N) is 3. The Balaban J connectivity index is 1.98. The number of carbonyl (C=O) groups is 3. The first kappa shape index (κ1) is 40.8. The Hall–Kier alpha value is -3.38. The summed E-state index contributed by atoms with van der Waals surface area (Å²) >= 11 is 6.01. The largest absolute Gasteiger partial charge is 0.490 e. The standard InChI is InChI=1S/C36H54ClN3O8/c1-36(2,27-9-13-29(14-10-27)44-24-31(23-37)47-34(42)18-21-39(5)6)28-11-15-30(16-12-28)45-25-32(48-35(43)19-22-40(7)8)26-46-33(41)17-20-38(3)4/h9-16,31-32H,17-26H2,1-8H3. The second-order valence-electron chi connectivity index (χ2n) is 13.0. The van der Waals surface area contributed by atoms with E-state index in [4.69, 9.17) is 35.3 Å². The first-order valence-electron chi connectivity index (χ1n) is 16.2. The number of hydrogen-bond donors (Lipinski definition) is 0. The molecule has 0 aromatic heterocycles. The molecule has 2 aromatic carbocycles. The predicted octanol–water partition coefficient (Wildman–Crippen LogP) is 4.23. The minimum absolute atomic E-state index is 0.0404. The molecule has 0 aliphatic heterocycles. The highest BCUT2D eigenvalue weighted by Gasteiger charge is 2.24. The van der Waals surface area contributed by atoms with Crippen molar-refractivity contribution >= 4 is 29.5 Å². The van der Waals surface area contributed by atoms with Crippen molar-refractivity contribution in [2.75, 3.05) is 87.6 Å². The summed E-state index contributed by atoms with van der Waals surface area (Å²) in [5.41, 5.74) is 1.81. The highest BCUT2D eigenvalue weighted by atomic mass is 35.5. The van der Waals surface area contributed by atoms with E-state index in [1.165, 1.54) is 0 Å². The summed E-state index contributed by atoms with van der Waals surface area (Å²) < 4.78 is 28.3. The van der Waals surface area contributed by atoms with Gasteiger partial charge in [0, 0.05) is 25.0 Å². The van der Waals surface area contributed by atoms with Crippen LogP contribution in [0.4, 0.5) is 0 Å². The molecule has 2 aromatic rings. The summed E-state index contributed by atoms with van der Waals surface area (Å²) in [4.78, 5) is 42.4. The van der Waals surface area contributed by atoms with Crippen molar-refractivity contribution in [3.05, 3.63) is 59.7 Å². The van der Waals surface area contributed by atoms with E-state index in [0.717, 1.165) is 11.1 Å². The molecule has 0 N–H and O–H groups in total. The molecular weight excluding hydrogens is 638 g/mol. The molecule has 0 saturated carbocycles. The topological polar surface area (TPSA) is 107 Å². The van der Waals surface area contributed by atoms with Crippen LogP contribution in [0.2, 0.25) is 0 Å². The van der Waals surface area contributed by atoms with Gasteiger partial charge in [-0.25, -0.2) is 0 Å². The number of rotatable bonds is 22. The summed E-state index contributed by atoms with van der Waals surface area (Å²) in [6, 6.07) is 15.5. The molecule has 0 fully saturated rings. The maximum absolute atomic E-state index is 12.4. The van der Waals surface area contributed by atoms with Crippen molar-refractivity contribution in [2.24, 2.45) is 0 Å². The molecule has 0 aliphatic rings. The van der Waals surface area contributed by atoms with Crippen molar-refractivity contribution in [2.45, 2.75) is 50.7 Å². The summed E-state index contributed by atoms with van der Waals surface area (Å²) in [6.07, 6.45) is -0.526. The van der Waals surface area contributed by atoms with Gasteiger partial charge in [0.15, 0.2) is 6.10 Å². The van der Waals surface area contributed by atoms with Gasteiger partial charge in [-0.2, -0.15) is 0 Å².